The fourth-order valence-electron chi connectivity index (χ4n) is 1.94. The van der Waals surface area contributed by atoms with Crippen LogP contribution in [0, 0.1) is 12.3 Å². The first-order valence-corrected chi connectivity index (χ1v) is 6.64. The fraction of sp³-hybridized carbons (Fsp3) is 0.375. The number of terminal acetylenes is 1. The zero-order chi connectivity index (χ0) is 15.7. The largest absolute Gasteiger partial charge is 0.480 e. The Labute approximate surface area is 124 Å². The van der Waals surface area contributed by atoms with E-state index in [1.165, 1.54) is 7.11 Å². The molecular formula is C16H19NO4. The Morgan fingerprint density at radius 2 is 2.05 bits per heavy atom. The maximum Gasteiger partial charge on any atom is 0.326 e. The first-order valence-electron chi connectivity index (χ1n) is 6.64. The van der Waals surface area contributed by atoms with E-state index >= 15 is 0 Å². The molecule has 0 saturated heterocycles. The van der Waals surface area contributed by atoms with Gasteiger partial charge in [-0.15, -0.1) is 12.3 Å². The van der Waals surface area contributed by atoms with Gasteiger partial charge in [0, 0.05) is 13.5 Å². The van der Waals surface area contributed by atoms with Crippen LogP contribution in [0.5, 0.6) is 0 Å². The summed E-state index contributed by atoms with van der Waals surface area (Å²) in [6.45, 7) is 0. The first-order chi connectivity index (χ1) is 10.1. The van der Waals surface area contributed by atoms with Crippen LogP contribution in [0.1, 0.15) is 30.9 Å². The van der Waals surface area contributed by atoms with Gasteiger partial charge in [0.05, 0.1) is 0 Å². The van der Waals surface area contributed by atoms with Crippen LogP contribution in [-0.2, 0) is 14.3 Å². The number of carboxylic acids is 1. The lowest BCUT2D eigenvalue weighted by atomic mass is 10.1. The number of rotatable bonds is 8. The van der Waals surface area contributed by atoms with Crippen LogP contribution in [0.3, 0.4) is 0 Å². The zero-order valence-corrected chi connectivity index (χ0v) is 11.9. The monoisotopic (exact) mass is 289 g/mol. The zero-order valence-electron chi connectivity index (χ0n) is 11.9. The van der Waals surface area contributed by atoms with E-state index in [0.29, 0.717) is 18.4 Å². The molecule has 1 aromatic rings. The van der Waals surface area contributed by atoms with Gasteiger partial charge in [0.2, 0.25) is 0 Å². The van der Waals surface area contributed by atoms with Crippen LogP contribution < -0.4 is 5.32 Å². The Morgan fingerprint density at radius 1 is 1.38 bits per heavy atom. The Kier molecular flexibility index (Phi) is 6.99. The number of ether oxygens (including phenoxy) is 1. The highest BCUT2D eigenvalue weighted by Gasteiger charge is 2.25. The molecule has 0 unspecified atom stereocenters. The van der Waals surface area contributed by atoms with E-state index in [9.17, 15) is 9.59 Å². The molecule has 0 spiro atoms. The van der Waals surface area contributed by atoms with Crippen LogP contribution in [0.4, 0.5) is 0 Å². The summed E-state index contributed by atoms with van der Waals surface area (Å²) in [7, 11) is 1.41. The lowest BCUT2D eigenvalue weighted by Gasteiger charge is -2.19. The highest BCUT2D eigenvalue weighted by Crippen LogP contribution is 2.16. The van der Waals surface area contributed by atoms with Crippen molar-refractivity contribution in [1.82, 2.24) is 5.32 Å². The molecule has 2 N–H and O–H groups in total. The number of carboxylic acid groups (broad SMARTS) is 1. The van der Waals surface area contributed by atoms with Gasteiger partial charge in [-0.25, -0.2) is 4.79 Å². The summed E-state index contributed by atoms with van der Waals surface area (Å²) in [5.74, 6) is 0.889. The Bertz CT molecular complexity index is 507. The van der Waals surface area contributed by atoms with Gasteiger partial charge in [-0.1, -0.05) is 30.3 Å². The van der Waals surface area contributed by atoms with Crippen molar-refractivity contribution in [3.05, 3.63) is 35.9 Å². The van der Waals surface area contributed by atoms with Gasteiger partial charge in [-0.05, 0) is 18.4 Å². The predicted molar refractivity (Wildman–Crippen MR) is 78.4 cm³/mol. The molecule has 1 aromatic carbocycles. The van der Waals surface area contributed by atoms with Gasteiger partial charge in [0.25, 0.3) is 5.91 Å². The molecule has 0 aliphatic heterocycles. The van der Waals surface area contributed by atoms with Crippen molar-refractivity contribution in [2.24, 2.45) is 0 Å². The summed E-state index contributed by atoms with van der Waals surface area (Å²) in [6.07, 6.45) is 5.61. The second kappa shape index (κ2) is 8.77. The SMILES string of the molecule is C#CCCC[C@H](NC(=O)[C@H](OC)c1ccccc1)C(=O)O. The Balaban J connectivity index is 2.71. The molecule has 0 radical (unpaired) electrons. The molecule has 0 aliphatic rings. The minimum absolute atomic E-state index is 0.288. The van der Waals surface area contributed by atoms with Crippen LogP contribution >= 0.6 is 0 Å². The number of unbranched alkanes of at least 4 members (excludes halogenated alkanes) is 1. The standard InChI is InChI=1S/C16H19NO4/c1-3-4-6-11-13(16(19)20)17-15(18)14(21-2)12-9-7-5-8-10-12/h1,5,7-10,13-14H,4,6,11H2,2H3,(H,17,18)(H,19,20)/t13-,14+/m0/s1. The highest BCUT2D eigenvalue weighted by molar-refractivity contribution is 5.87. The van der Waals surface area contributed by atoms with Crippen LogP contribution in [0.25, 0.3) is 0 Å². The molecule has 0 aliphatic carbocycles. The van der Waals surface area contributed by atoms with Gasteiger partial charge in [-0.2, -0.15) is 0 Å². The van der Waals surface area contributed by atoms with Crippen molar-refractivity contribution >= 4 is 11.9 Å². The van der Waals surface area contributed by atoms with Crippen molar-refractivity contribution < 1.29 is 19.4 Å². The fourth-order valence-corrected chi connectivity index (χ4v) is 1.94. The Hall–Kier alpha value is -2.32. The quantitative estimate of drug-likeness (QED) is 0.564. The third-order valence-electron chi connectivity index (χ3n) is 3.00. The van der Waals surface area contributed by atoms with E-state index in [-0.39, 0.29) is 6.42 Å². The topological polar surface area (TPSA) is 75.6 Å². The van der Waals surface area contributed by atoms with Crippen LogP contribution in [0.15, 0.2) is 30.3 Å². The summed E-state index contributed by atoms with van der Waals surface area (Å²) in [6, 6.07) is 7.94. The number of methoxy groups -OCH3 is 1. The summed E-state index contributed by atoms with van der Waals surface area (Å²) in [5, 5.41) is 11.6. The maximum absolute atomic E-state index is 12.2. The second-order valence-corrected chi connectivity index (χ2v) is 4.52. The first kappa shape index (κ1) is 16.7. The number of benzene rings is 1. The normalized spacial score (nSPS) is 13.0. The van der Waals surface area contributed by atoms with Gasteiger partial charge < -0.3 is 15.2 Å². The summed E-state index contributed by atoms with van der Waals surface area (Å²) in [4.78, 5) is 23.4. The van der Waals surface area contributed by atoms with Gasteiger partial charge in [0.1, 0.15) is 6.04 Å². The minimum Gasteiger partial charge on any atom is -0.480 e. The highest BCUT2D eigenvalue weighted by atomic mass is 16.5. The third kappa shape index (κ3) is 5.28. The van der Waals surface area contributed by atoms with Crippen molar-refractivity contribution in [3.8, 4) is 12.3 Å². The Morgan fingerprint density at radius 3 is 2.57 bits per heavy atom. The molecule has 112 valence electrons. The van der Waals surface area contributed by atoms with Crippen molar-refractivity contribution in [1.29, 1.82) is 0 Å². The van der Waals surface area contributed by atoms with Crippen molar-refractivity contribution in [3.63, 3.8) is 0 Å². The van der Waals surface area contributed by atoms with Crippen LogP contribution in [-0.4, -0.2) is 30.1 Å². The number of nitrogens with one attached hydrogen (secondary N) is 1. The van der Waals surface area contributed by atoms with E-state index in [1.807, 2.05) is 6.07 Å². The lowest BCUT2D eigenvalue weighted by molar-refractivity contribution is -0.144. The number of aliphatic carboxylic acids is 1. The smallest absolute Gasteiger partial charge is 0.326 e. The molecule has 1 rings (SSSR count). The van der Waals surface area contributed by atoms with E-state index in [4.69, 9.17) is 16.3 Å². The van der Waals surface area contributed by atoms with E-state index < -0.39 is 24.0 Å². The summed E-state index contributed by atoms with van der Waals surface area (Å²) in [5.41, 5.74) is 0.672. The number of hydrogen-bond donors (Lipinski definition) is 2. The number of carbonyl (C=O) groups excluding carboxylic acids is 1. The summed E-state index contributed by atoms with van der Waals surface area (Å²) < 4.78 is 5.17. The molecule has 21 heavy (non-hydrogen) atoms. The molecule has 0 heterocycles. The average Bonchev–Trinajstić information content (AvgIpc) is 2.48. The second-order valence-electron chi connectivity index (χ2n) is 4.52. The van der Waals surface area contributed by atoms with Gasteiger partial charge in [0.15, 0.2) is 6.10 Å². The molecule has 1 amide bonds. The minimum atomic E-state index is -1.08. The van der Waals surface area contributed by atoms with Crippen molar-refractivity contribution in [2.45, 2.75) is 31.4 Å². The van der Waals surface area contributed by atoms with Gasteiger partial charge in [-0.3, -0.25) is 4.79 Å². The molecule has 5 nitrogen and oxygen atoms in total. The van der Waals surface area contributed by atoms with E-state index in [1.54, 1.807) is 24.3 Å². The lowest BCUT2D eigenvalue weighted by Crippen LogP contribution is -2.43. The van der Waals surface area contributed by atoms with Gasteiger partial charge >= 0.3 is 5.97 Å². The predicted octanol–water partition coefficient (Wildman–Crippen LogP) is 1.75. The average molecular weight is 289 g/mol. The maximum atomic E-state index is 12.2. The molecule has 0 aromatic heterocycles. The number of carbonyl (C=O) groups is 2. The molecule has 5 heteroatoms. The number of hydrogen-bond acceptors (Lipinski definition) is 3. The number of amides is 1. The molecule has 0 saturated carbocycles. The molecule has 0 bridgehead atoms. The summed E-state index contributed by atoms with van der Waals surface area (Å²) >= 11 is 0. The molecular weight excluding hydrogens is 270 g/mol. The molecule has 0 fully saturated rings. The van der Waals surface area contributed by atoms with Crippen molar-refractivity contribution in [2.75, 3.05) is 7.11 Å². The van der Waals surface area contributed by atoms with E-state index in [0.717, 1.165) is 0 Å². The van der Waals surface area contributed by atoms with E-state index in [2.05, 4.69) is 11.2 Å². The third-order valence-corrected chi connectivity index (χ3v) is 3.00. The van der Waals surface area contributed by atoms with Crippen LogP contribution in [0.2, 0.25) is 0 Å². The molecule has 2 atom stereocenters.